The molecule has 1 N–H and O–H groups in total. The predicted molar refractivity (Wildman–Crippen MR) is 82.9 cm³/mol. The number of anilines is 1. The van der Waals surface area contributed by atoms with Gasteiger partial charge in [0.15, 0.2) is 0 Å². The summed E-state index contributed by atoms with van der Waals surface area (Å²) in [6.45, 7) is 7.02. The highest BCUT2D eigenvalue weighted by atomic mass is 32.2. The molecule has 0 spiro atoms. The molecule has 5 heteroatoms. The first kappa shape index (κ1) is 15.8. The Morgan fingerprint density at radius 1 is 1.42 bits per heavy atom. The van der Waals surface area contributed by atoms with Crippen molar-refractivity contribution in [2.45, 2.75) is 32.9 Å². The quantitative estimate of drug-likeness (QED) is 0.438. The fraction of sp³-hybridized carbons (Fsp3) is 0.571. The topological polar surface area (TPSA) is 55.2 Å². The van der Waals surface area contributed by atoms with E-state index < -0.39 is 0 Å². The minimum Gasteiger partial charge on any atom is -0.380 e. The number of hydrogen-bond acceptors (Lipinski definition) is 4. The summed E-state index contributed by atoms with van der Waals surface area (Å²) < 4.78 is 0. The summed E-state index contributed by atoms with van der Waals surface area (Å²) in [5.41, 5.74) is 1.79. The molecular weight excluding hydrogens is 260 g/mol. The van der Waals surface area contributed by atoms with Crippen LogP contribution in [0.1, 0.15) is 32.8 Å². The summed E-state index contributed by atoms with van der Waals surface area (Å²) in [5.74, 6) is 2.64. The Kier molecular flexibility index (Phi) is 6.70. The van der Waals surface area contributed by atoms with E-state index in [4.69, 9.17) is 0 Å². The van der Waals surface area contributed by atoms with Crippen LogP contribution in [0, 0.1) is 16.0 Å². The lowest BCUT2D eigenvalue weighted by Crippen LogP contribution is -2.01. The van der Waals surface area contributed by atoms with Crippen LogP contribution >= 0.6 is 11.8 Å². The van der Waals surface area contributed by atoms with Crippen molar-refractivity contribution in [2.24, 2.45) is 5.92 Å². The van der Waals surface area contributed by atoms with Crippen LogP contribution in [0.5, 0.6) is 0 Å². The number of hydrogen-bond donors (Lipinski definition) is 1. The molecule has 0 aromatic heterocycles. The van der Waals surface area contributed by atoms with Gasteiger partial charge in [-0.25, -0.2) is 0 Å². The van der Waals surface area contributed by atoms with E-state index in [2.05, 4.69) is 19.2 Å². The molecule has 0 atom stereocenters. The molecule has 0 aliphatic rings. The Morgan fingerprint density at radius 3 is 2.74 bits per heavy atom. The fourth-order valence-corrected chi connectivity index (χ4v) is 2.86. The van der Waals surface area contributed by atoms with Crippen molar-refractivity contribution in [2.75, 3.05) is 17.6 Å². The van der Waals surface area contributed by atoms with Crippen molar-refractivity contribution in [1.29, 1.82) is 0 Å². The van der Waals surface area contributed by atoms with Crippen LogP contribution < -0.4 is 5.32 Å². The van der Waals surface area contributed by atoms with E-state index in [-0.39, 0.29) is 10.6 Å². The average molecular weight is 282 g/mol. The zero-order chi connectivity index (χ0) is 14.3. The Morgan fingerprint density at radius 2 is 2.16 bits per heavy atom. The van der Waals surface area contributed by atoms with E-state index >= 15 is 0 Å². The lowest BCUT2D eigenvalue weighted by molar-refractivity contribution is -0.384. The Hall–Kier alpha value is -1.23. The van der Waals surface area contributed by atoms with E-state index in [1.807, 2.05) is 24.8 Å². The van der Waals surface area contributed by atoms with Crippen LogP contribution in [-0.4, -0.2) is 17.2 Å². The number of nitrogens with zero attached hydrogens (tertiary/aromatic N) is 1. The summed E-state index contributed by atoms with van der Waals surface area (Å²) in [5, 5.41) is 14.0. The first-order valence-electron chi connectivity index (χ1n) is 6.63. The summed E-state index contributed by atoms with van der Waals surface area (Å²) >= 11 is 1.83. The van der Waals surface area contributed by atoms with Crippen LogP contribution in [0.2, 0.25) is 0 Å². The van der Waals surface area contributed by atoms with E-state index in [1.165, 1.54) is 6.42 Å². The third kappa shape index (κ3) is 5.51. The lowest BCUT2D eigenvalue weighted by Gasteiger charge is -2.07. The van der Waals surface area contributed by atoms with Crippen molar-refractivity contribution in [3.05, 3.63) is 33.9 Å². The standard InChI is InChI=1S/C14H22N2O2S/c1-4-15-13-6-5-12(9-14(13)16(17)18)10-19-8-7-11(2)3/h5-6,9,11,15H,4,7-8,10H2,1-3H3. The molecule has 0 saturated carbocycles. The van der Waals surface area contributed by atoms with Gasteiger partial charge in [-0.15, -0.1) is 0 Å². The summed E-state index contributed by atoms with van der Waals surface area (Å²) in [6.07, 6.45) is 1.18. The Balaban J connectivity index is 2.65. The van der Waals surface area contributed by atoms with Gasteiger partial charge in [0.25, 0.3) is 5.69 Å². The van der Waals surface area contributed by atoms with Gasteiger partial charge in [-0.05, 0) is 36.6 Å². The molecule has 0 fully saturated rings. The smallest absolute Gasteiger partial charge is 0.292 e. The van der Waals surface area contributed by atoms with Crippen LogP contribution in [0.25, 0.3) is 0 Å². The highest BCUT2D eigenvalue weighted by molar-refractivity contribution is 7.98. The average Bonchev–Trinajstić information content (AvgIpc) is 2.36. The number of nitrogens with one attached hydrogen (secondary N) is 1. The fourth-order valence-electron chi connectivity index (χ4n) is 1.67. The summed E-state index contributed by atoms with van der Waals surface area (Å²) in [7, 11) is 0. The van der Waals surface area contributed by atoms with Crippen molar-refractivity contribution >= 4 is 23.1 Å². The van der Waals surface area contributed by atoms with E-state index in [0.29, 0.717) is 18.2 Å². The van der Waals surface area contributed by atoms with Crippen LogP contribution in [0.15, 0.2) is 18.2 Å². The Labute approximate surface area is 119 Å². The van der Waals surface area contributed by atoms with Gasteiger partial charge >= 0.3 is 0 Å². The molecule has 0 amide bonds. The van der Waals surface area contributed by atoms with Gasteiger partial charge in [0.05, 0.1) is 4.92 Å². The lowest BCUT2D eigenvalue weighted by atomic mass is 10.2. The maximum Gasteiger partial charge on any atom is 0.292 e. The van der Waals surface area contributed by atoms with Crippen LogP contribution in [0.3, 0.4) is 0 Å². The number of rotatable bonds is 8. The van der Waals surface area contributed by atoms with Gasteiger partial charge in [0, 0.05) is 18.4 Å². The molecule has 1 aromatic carbocycles. The number of benzene rings is 1. The first-order valence-corrected chi connectivity index (χ1v) is 7.79. The SMILES string of the molecule is CCNc1ccc(CSCCC(C)C)cc1[N+](=O)[O-]. The van der Waals surface area contributed by atoms with Crippen molar-refractivity contribution < 1.29 is 4.92 Å². The largest absolute Gasteiger partial charge is 0.380 e. The van der Waals surface area contributed by atoms with Crippen molar-refractivity contribution in [3.8, 4) is 0 Å². The molecule has 0 saturated heterocycles. The maximum absolute atomic E-state index is 11.0. The molecule has 0 heterocycles. The maximum atomic E-state index is 11.0. The molecule has 106 valence electrons. The molecule has 0 unspecified atom stereocenters. The molecule has 1 rings (SSSR count). The number of nitro benzene ring substituents is 1. The van der Waals surface area contributed by atoms with Crippen molar-refractivity contribution in [1.82, 2.24) is 0 Å². The van der Waals surface area contributed by atoms with Gasteiger partial charge in [-0.3, -0.25) is 10.1 Å². The normalized spacial score (nSPS) is 10.7. The molecule has 0 bridgehead atoms. The molecule has 0 aliphatic heterocycles. The third-order valence-electron chi connectivity index (χ3n) is 2.73. The van der Waals surface area contributed by atoms with E-state index in [0.717, 1.165) is 17.1 Å². The summed E-state index contributed by atoms with van der Waals surface area (Å²) in [6, 6.07) is 5.45. The van der Waals surface area contributed by atoms with Crippen molar-refractivity contribution in [3.63, 3.8) is 0 Å². The highest BCUT2D eigenvalue weighted by Gasteiger charge is 2.13. The zero-order valence-electron chi connectivity index (χ0n) is 11.8. The predicted octanol–water partition coefficient (Wildman–Crippen LogP) is 4.31. The molecule has 1 aromatic rings. The first-order chi connectivity index (χ1) is 9.04. The van der Waals surface area contributed by atoms with E-state index in [1.54, 1.807) is 12.1 Å². The van der Waals surface area contributed by atoms with E-state index in [9.17, 15) is 10.1 Å². The molecule has 4 nitrogen and oxygen atoms in total. The second kappa shape index (κ2) is 8.04. The second-order valence-corrected chi connectivity index (χ2v) is 5.98. The highest BCUT2D eigenvalue weighted by Crippen LogP contribution is 2.27. The zero-order valence-corrected chi connectivity index (χ0v) is 12.6. The molecule has 0 radical (unpaired) electrons. The van der Waals surface area contributed by atoms with Gasteiger partial charge in [0.2, 0.25) is 0 Å². The monoisotopic (exact) mass is 282 g/mol. The molecule has 0 aliphatic carbocycles. The van der Waals surface area contributed by atoms with Gasteiger partial charge < -0.3 is 5.32 Å². The molecule has 19 heavy (non-hydrogen) atoms. The minimum atomic E-state index is -0.319. The third-order valence-corrected chi connectivity index (χ3v) is 3.80. The van der Waals surface area contributed by atoms with Gasteiger partial charge in [0.1, 0.15) is 5.69 Å². The minimum absolute atomic E-state index is 0.170. The van der Waals surface area contributed by atoms with Crippen LogP contribution in [0.4, 0.5) is 11.4 Å². The number of nitro groups is 1. The number of thioether (sulfide) groups is 1. The van der Waals surface area contributed by atoms with Crippen LogP contribution in [-0.2, 0) is 5.75 Å². The Bertz CT molecular complexity index is 422. The van der Waals surface area contributed by atoms with Gasteiger partial charge in [-0.2, -0.15) is 11.8 Å². The van der Waals surface area contributed by atoms with Gasteiger partial charge in [-0.1, -0.05) is 19.9 Å². The summed E-state index contributed by atoms with van der Waals surface area (Å²) in [4.78, 5) is 10.7. The molecular formula is C14H22N2O2S. The second-order valence-electron chi connectivity index (χ2n) is 4.87.